The maximum Gasteiger partial charge on any atom is 0.226 e. The van der Waals surface area contributed by atoms with Crippen LogP contribution in [0.2, 0.25) is 0 Å². The molecule has 0 aliphatic carbocycles. The van der Waals surface area contributed by atoms with Crippen LogP contribution >= 0.6 is 22.6 Å². The number of rotatable bonds is 7. The van der Waals surface area contributed by atoms with Gasteiger partial charge in [0.25, 0.3) is 0 Å². The lowest BCUT2D eigenvalue weighted by atomic mass is 10.1. The van der Waals surface area contributed by atoms with Gasteiger partial charge in [0.2, 0.25) is 5.95 Å². The van der Waals surface area contributed by atoms with Crippen LogP contribution in [-0.4, -0.2) is 73.5 Å². The van der Waals surface area contributed by atoms with Crippen LogP contribution in [0.15, 0.2) is 30.6 Å². The van der Waals surface area contributed by atoms with Gasteiger partial charge in [-0.25, -0.2) is 4.98 Å². The van der Waals surface area contributed by atoms with Crippen LogP contribution in [0.25, 0.3) is 11.2 Å². The number of hydrogen-bond acceptors (Lipinski definition) is 10. The maximum absolute atomic E-state index is 10.5. The van der Waals surface area contributed by atoms with Crippen LogP contribution in [0.1, 0.15) is 11.8 Å². The first-order valence-corrected chi connectivity index (χ1v) is 10.8. The third-order valence-electron chi connectivity index (χ3n) is 5.15. The molecule has 1 aliphatic rings. The van der Waals surface area contributed by atoms with Gasteiger partial charge in [-0.1, -0.05) is 12.1 Å². The summed E-state index contributed by atoms with van der Waals surface area (Å²) < 4.78 is 8.42. The zero-order valence-corrected chi connectivity index (χ0v) is 19.1. The monoisotopic (exact) mass is 541 g/mol. The molecular weight excluding hydrogens is 517 g/mol. The van der Waals surface area contributed by atoms with Gasteiger partial charge in [-0.3, -0.25) is 9.88 Å². The number of imidazole rings is 1. The molecule has 31 heavy (non-hydrogen) atoms. The van der Waals surface area contributed by atoms with E-state index in [0.717, 1.165) is 9.13 Å². The molecule has 1 aliphatic heterocycles. The largest absolute Gasteiger partial charge is 0.387 e. The van der Waals surface area contributed by atoms with Crippen molar-refractivity contribution in [3.63, 3.8) is 0 Å². The van der Waals surface area contributed by atoms with E-state index in [4.69, 9.17) is 4.74 Å². The fourth-order valence-electron chi connectivity index (χ4n) is 3.51. The topological polar surface area (TPSA) is 150 Å². The van der Waals surface area contributed by atoms with Crippen molar-refractivity contribution >= 4 is 45.5 Å². The first-order chi connectivity index (χ1) is 14.9. The minimum Gasteiger partial charge on any atom is -0.387 e. The van der Waals surface area contributed by atoms with Gasteiger partial charge in [-0.05, 0) is 47.3 Å². The zero-order chi connectivity index (χ0) is 22.1. The van der Waals surface area contributed by atoms with Crippen LogP contribution in [0.5, 0.6) is 0 Å². The molecule has 12 heteroatoms. The van der Waals surface area contributed by atoms with E-state index in [-0.39, 0.29) is 0 Å². The van der Waals surface area contributed by atoms with E-state index in [1.807, 2.05) is 18.2 Å². The number of aromatic nitrogens is 4. The summed E-state index contributed by atoms with van der Waals surface area (Å²) in [7, 11) is 3.24. The minimum atomic E-state index is -1.28. The summed E-state index contributed by atoms with van der Waals surface area (Å²) in [6.45, 7) is 0.538. The Morgan fingerprint density at radius 3 is 2.74 bits per heavy atom. The lowest BCUT2D eigenvalue weighted by Gasteiger charge is -2.20. The van der Waals surface area contributed by atoms with E-state index in [0.29, 0.717) is 29.5 Å². The van der Waals surface area contributed by atoms with Crippen LogP contribution in [-0.2, 0) is 11.3 Å². The zero-order valence-electron chi connectivity index (χ0n) is 16.9. The second-order valence-electron chi connectivity index (χ2n) is 7.16. The molecule has 1 fully saturated rings. The molecule has 4 rings (SSSR count). The second-order valence-corrected chi connectivity index (χ2v) is 8.40. The Bertz CT molecular complexity index is 1060. The van der Waals surface area contributed by atoms with E-state index in [1.54, 1.807) is 7.05 Å². The van der Waals surface area contributed by atoms with Gasteiger partial charge in [-0.2, -0.15) is 9.97 Å². The van der Waals surface area contributed by atoms with Crippen LogP contribution in [0, 0.1) is 3.57 Å². The molecular formula is C19H24IN7O4. The van der Waals surface area contributed by atoms with Crippen molar-refractivity contribution in [3.05, 3.63) is 39.7 Å². The van der Waals surface area contributed by atoms with E-state index in [2.05, 4.69) is 59.6 Å². The second kappa shape index (κ2) is 9.18. The van der Waals surface area contributed by atoms with E-state index in [1.165, 1.54) is 17.9 Å². The first-order valence-electron chi connectivity index (χ1n) is 9.70. The number of halogens is 1. The van der Waals surface area contributed by atoms with Crippen LogP contribution < -0.4 is 16.0 Å². The molecule has 0 bridgehead atoms. The predicted octanol–water partition coefficient (Wildman–Crippen LogP) is 0.242. The predicted molar refractivity (Wildman–Crippen MR) is 122 cm³/mol. The third-order valence-corrected chi connectivity index (χ3v) is 5.82. The van der Waals surface area contributed by atoms with E-state index >= 15 is 0 Å². The van der Waals surface area contributed by atoms with Crippen molar-refractivity contribution in [1.29, 1.82) is 0 Å². The number of likely N-dealkylation sites (N-methyl/N-ethyl adjacent to an activating group) is 1. The summed E-state index contributed by atoms with van der Waals surface area (Å²) in [5, 5.41) is 39.7. The Morgan fingerprint density at radius 1 is 1.23 bits per heavy atom. The van der Waals surface area contributed by atoms with Crippen molar-refractivity contribution in [3.8, 4) is 0 Å². The Balaban J connectivity index is 1.67. The molecule has 5 atom stereocenters. The van der Waals surface area contributed by atoms with Crippen molar-refractivity contribution in [2.45, 2.75) is 37.3 Å². The third kappa shape index (κ3) is 4.31. The van der Waals surface area contributed by atoms with Gasteiger partial charge in [0.1, 0.15) is 24.5 Å². The summed E-state index contributed by atoms with van der Waals surface area (Å²) in [6, 6.07) is 8.10. The van der Waals surface area contributed by atoms with Crippen molar-refractivity contribution in [2.75, 3.05) is 24.7 Å². The SMILES string of the molecule is CNc1nc(NCc2cccc(I)c2)c2ncn([C@@H]3O[C@H](C(O)NC)[C@@H](O)[C@H]3O)c2n1. The van der Waals surface area contributed by atoms with E-state index < -0.39 is 30.8 Å². The molecule has 0 radical (unpaired) electrons. The van der Waals surface area contributed by atoms with Gasteiger partial charge in [0.05, 0.1) is 6.33 Å². The van der Waals surface area contributed by atoms with Crippen molar-refractivity contribution in [2.24, 2.45) is 0 Å². The van der Waals surface area contributed by atoms with Gasteiger partial charge < -0.3 is 30.7 Å². The molecule has 2 aromatic heterocycles. The number of hydrogen-bond donors (Lipinski definition) is 6. The fourth-order valence-corrected chi connectivity index (χ4v) is 4.12. The number of benzene rings is 1. The molecule has 6 N–H and O–H groups in total. The normalized spacial score (nSPS) is 24.5. The minimum absolute atomic E-state index is 0.360. The van der Waals surface area contributed by atoms with Crippen LogP contribution in [0.4, 0.5) is 11.8 Å². The number of ether oxygens (including phenoxy) is 1. The number of nitrogens with one attached hydrogen (secondary N) is 3. The Morgan fingerprint density at radius 2 is 2.03 bits per heavy atom. The molecule has 166 valence electrons. The molecule has 3 heterocycles. The van der Waals surface area contributed by atoms with Gasteiger partial charge in [0, 0.05) is 17.2 Å². The van der Waals surface area contributed by atoms with E-state index in [9.17, 15) is 15.3 Å². The van der Waals surface area contributed by atoms with Crippen molar-refractivity contribution < 1.29 is 20.1 Å². The smallest absolute Gasteiger partial charge is 0.226 e. The van der Waals surface area contributed by atoms with Crippen molar-refractivity contribution in [1.82, 2.24) is 24.8 Å². The Kier molecular flexibility index (Phi) is 6.55. The number of fused-ring (bicyclic) bond motifs is 1. The highest BCUT2D eigenvalue weighted by Crippen LogP contribution is 2.33. The molecule has 0 amide bonds. The van der Waals surface area contributed by atoms with Gasteiger partial charge >= 0.3 is 0 Å². The molecule has 1 aromatic carbocycles. The highest BCUT2D eigenvalue weighted by molar-refractivity contribution is 14.1. The molecule has 11 nitrogen and oxygen atoms in total. The summed E-state index contributed by atoms with van der Waals surface area (Å²) in [6.07, 6.45) is -4.21. The summed E-state index contributed by atoms with van der Waals surface area (Å²) in [5.41, 5.74) is 2.00. The highest BCUT2D eigenvalue weighted by atomic mass is 127. The van der Waals surface area contributed by atoms with Gasteiger partial charge in [-0.15, -0.1) is 0 Å². The standard InChI is InChI=1S/C19H24IN7O4/c1-21-17(30)14-12(28)13(29)18(31-14)27-8-24-11-15(25-19(22-2)26-16(11)27)23-7-9-4-3-5-10(20)6-9/h3-6,8,12-14,17-18,21,28-30H,7H2,1-2H3,(H2,22,23,25,26)/t12-,13+,14-,17?,18+/m0/s1. The van der Waals surface area contributed by atoms with Crippen LogP contribution in [0.3, 0.4) is 0 Å². The number of anilines is 2. The lowest BCUT2D eigenvalue weighted by molar-refractivity contribution is -0.0911. The number of aliphatic hydroxyl groups is 3. The molecule has 1 unspecified atom stereocenters. The molecule has 0 saturated carbocycles. The lowest BCUT2D eigenvalue weighted by Crippen LogP contribution is -2.45. The average molecular weight is 541 g/mol. The first kappa shape index (κ1) is 22.1. The highest BCUT2D eigenvalue weighted by Gasteiger charge is 2.47. The Hall–Kier alpha value is -2.10. The number of aliphatic hydroxyl groups excluding tert-OH is 3. The fraction of sp³-hybridized carbons (Fsp3) is 0.421. The van der Waals surface area contributed by atoms with Gasteiger partial charge in [0.15, 0.2) is 23.2 Å². The molecule has 1 saturated heterocycles. The Labute approximate surface area is 192 Å². The average Bonchev–Trinajstić information content (AvgIpc) is 3.32. The quantitative estimate of drug-likeness (QED) is 0.182. The summed E-state index contributed by atoms with van der Waals surface area (Å²) in [5.74, 6) is 0.881. The summed E-state index contributed by atoms with van der Waals surface area (Å²) >= 11 is 2.26. The molecule has 0 spiro atoms. The summed E-state index contributed by atoms with van der Waals surface area (Å²) in [4.78, 5) is 13.4. The maximum atomic E-state index is 10.5. The number of nitrogens with zero attached hydrogens (tertiary/aromatic N) is 4. The molecule has 3 aromatic rings.